The summed E-state index contributed by atoms with van der Waals surface area (Å²) in [6.07, 6.45) is 5.16. The van der Waals surface area contributed by atoms with E-state index in [2.05, 4.69) is 4.98 Å². The normalized spacial score (nSPS) is 12.3. The number of hydrogen-bond acceptors (Lipinski definition) is 2. The summed E-state index contributed by atoms with van der Waals surface area (Å²) in [5.41, 5.74) is 1.44. The first-order chi connectivity index (χ1) is 12.0. The third-order valence-corrected chi connectivity index (χ3v) is 5.72. The van der Waals surface area contributed by atoms with E-state index in [1.807, 2.05) is 16.8 Å². The Kier molecular flexibility index (Phi) is 5.99. The van der Waals surface area contributed by atoms with Crippen LogP contribution >= 0.6 is 35.0 Å². The van der Waals surface area contributed by atoms with Crippen molar-refractivity contribution in [3.05, 3.63) is 87.9 Å². The third-order valence-electron chi connectivity index (χ3n) is 3.68. The summed E-state index contributed by atoms with van der Waals surface area (Å²) in [7, 11) is 0. The first-order valence-corrected chi connectivity index (χ1v) is 9.29. The molecule has 0 radical (unpaired) electrons. The van der Waals surface area contributed by atoms with Gasteiger partial charge in [0.05, 0.1) is 21.6 Å². The third kappa shape index (κ3) is 4.75. The summed E-state index contributed by atoms with van der Waals surface area (Å²) in [4.78, 5) is 4.01. The van der Waals surface area contributed by atoms with Gasteiger partial charge in [0, 0.05) is 36.3 Å². The number of aromatic nitrogens is 2. The van der Waals surface area contributed by atoms with Gasteiger partial charge < -0.3 is 4.57 Å². The van der Waals surface area contributed by atoms with E-state index < -0.39 is 11.6 Å². The number of thioether (sulfide) groups is 1. The van der Waals surface area contributed by atoms with Gasteiger partial charge in [0.1, 0.15) is 11.6 Å². The topological polar surface area (TPSA) is 17.8 Å². The van der Waals surface area contributed by atoms with Crippen molar-refractivity contribution < 1.29 is 8.78 Å². The van der Waals surface area contributed by atoms with E-state index in [1.54, 1.807) is 36.4 Å². The van der Waals surface area contributed by atoms with Crippen molar-refractivity contribution in [2.45, 2.75) is 17.5 Å². The summed E-state index contributed by atoms with van der Waals surface area (Å²) in [5.74, 6) is -0.517. The first kappa shape index (κ1) is 18.2. The van der Waals surface area contributed by atoms with E-state index >= 15 is 0 Å². The van der Waals surface area contributed by atoms with Gasteiger partial charge in [-0.15, -0.1) is 11.8 Å². The lowest BCUT2D eigenvalue weighted by Crippen LogP contribution is -2.07. The number of halogens is 4. The lowest BCUT2D eigenvalue weighted by molar-refractivity contribution is 0.561. The lowest BCUT2D eigenvalue weighted by atomic mass is 10.1. The highest BCUT2D eigenvalue weighted by Crippen LogP contribution is 2.35. The standard InChI is InChI=1S/C18H14Cl2F2N2S/c19-15-4-1-12(7-16(15)20)10-25-18(9-24-6-5-23-11-24)14-3-2-13(21)8-17(14)22/h1-8,11,18H,9-10H2. The quantitative estimate of drug-likeness (QED) is 0.495. The maximum absolute atomic E-state index is 14.3. The second-order valence-corrected chi connectivity index (χ2v) is 7.48. The van der Waals surface area contributed by atoms with Gasteiger partial charge in [-0.05, 0) is 23.8 Å². The fourth-order valence-corrected chi connectivity index (χ4v) is 3.96. The molecule has 3 aromatic rings. The van der Waals surface area contributed by atoms with E-state index in [1.165, 1.54) is 12.1 Å². The molecule has 0 bridgehead atoms. The number of rotatable bonds is 6. The van der Waals surface area contributed by atoms with Crippen molar-refractivity contribution in [2.75, 3.05) is 0 Å². The molecule has 0 spiro atoms. The molecule has 0 aliphatic carbocycles. The molecule has 1 aromatic heterocycles. The van der Waals surface area contributed by atoms with Crippen molar-refractivity contribution in [3.8, 4) is 0 Å². The average molecular weight is 399 g/mol. The predicted molar refractivity (Wildman–Crippen MR) is 99.1 cm³/mol. The van der Waals surface area contributed by atoms with Crippen LogP contribution in [0.3, 0.4) is 0 Å². The van der Waals surface area contributed by atoms with Crippen molar-refractivity contribution in [1.82, 2.24) is 9.55 Å². The molecule has 2 aromatic carbocycles. The molecule has 2 nitrogen and oxygen atoms in total. The second-order valence-electron chi connectivity index (χ2n) is 5.47. The summed E-state index contributed by atoms with van der Waals surface area (Å²) < 4.78 is 29.4. The van der Waals surface area contributed by atoms with Crippen LogP contribution in [0, 0.1) is 11.6 Å². The molecule has 25 heavy (non-hydrogen) atoms. The van der Waals surface area contributed by atoms with Crippen LogP contribution in [0.25, 0.3) is 0 Å². The number of imidazole rings is 1. The Balaban J connectivity index is 1.81. The molecule has 0 saturated carbocycles. The molecule has 1 heterocycles. The molecule has 0 amide bonds. The van der Waals surface area contributed by atoms with E-state index in [-0.39, 0.29) is 5.25 Å². The van der Waals surface area contributed by atoms with Gasteiger partial charge in [0.15, 0.2) is 0 Å². The Morgan fingerprint density at radius 3 is 2.60 bits per heavy atom. The largest absolute Gasteiger partial charge is 0.336 e. The molecular weight excluding hydrogens is 385 g/mol. The van der Waals surface area contributed by atoms with E-state index in [0.29, 0.717) is 27.9 Å². The fourth-order valence-electron chi connectivity index (χ4n) is 2.42. The van der Waals surface area contributed by atoms with Gasteiger partial charge >= 0.3 is 0 Å². The molecular formula is C18H14Cl2F2N2S. The van der Waals surface area contributed by atoms with Gasteiger partial charge in [-0.25, -0.2) is 13.8 Å². The molecule has 0 saturated heterocycles. The van der Waals surface area contributed by atoms with Gasteiger partial charge in [-0.3, -0.25) is 0 Å². The monoisotopic (exact) mass is 398 g/mol. The minimum atomic E-state index is -0.586. The highest BCUT2D eigenvalue weighted by atomic mass is 35.5. The second kappa shape index (κ2) is 8.21. The molecule has 130 valence electrons. The molecule has 0 aliphatic rings. The summed E-state index contributed by atoms with van der Waals surface area (Å²) >= 11 is 13.5. The zero-order valence-corrected chi connectivity index (χ0v) is 15.3. The van der Waals surface area contributed by atoms with Crippen LogP contribution in [0.15, 0.2) is 55.1 Å². The first-order valence-electron chi connectivity index (χ1n) is 7.49. The Labute approximate surface area is 158 Å². The predicted octanol–water partition coefficient (Wildman–Crippen LogP) is 6.14. The van der Waals surface area contributed by atoms with E-state index in [0.717, 1.165) is 11.6 Å². The zero-order valence-electron chi connectivity index (χ0n) is 13.0. The number of hydrogen-bond donors (Lipinski definition) is 0. The highest BCUT2D eigenvalue weighted by Gasteiger charge is 2.18. The Bertz CT molecular complexity index is 856. The van der Waals surface area contributed by atoms with Crippen molar-refractivity contribution in [3.63, 3.8) is 0 Å². The Morgan fingerprint density at radius 1 is 1.08 bits per heavy atom. The van der Waals surface area contributed by atoms with Crippen LogP contribution in [0.1, 0.15) is 16.4 Å². The maximum atomic E-state index is 14.3. The molecule has 7 heteroatoms. The van der Waals surface area contributed by atoms with Crippen LogP contribution in [0.2, 0.25) is 10.0 Å². The molecule has 1 atom stereocenters. The smallest absolute Gasteiger partial charge is 0.130 e. The summed E-state index contributed by atoms with van der Waals surface area (Å²) in [6.45, 7) is 0.522. The molecule has 1 unspecified atom stereocenters. The van der Waals surface area contributed by atoms with Gasteiger partial charge in [-0.1, -0.05) is 35.3 Å². The van der Waals surface area contributed by atoms with E-state index in [4.69, 9.17) is 23.2 Å². The molecule has 0 N–H and O–H groups in total. The SMILES string of the molecule is Fc1ccc(C(Cn2ccnc2)SCc2ccc(Cl)c(Cl)c2)c(F)c1. The van der Waals surface area contributed by atoms with Gasteiger partial charge in [0.2, 0.25) is 0 Å². The minimum absolute atomic E-state index is 0.204. The minimum Gasteiger partial charge on any atom is -0.336 e. The lowest BCUT2D eigenvalue weighted by Gasteiger charge is -2.18. The maximum Gasteiger partial charge on any atom is 0.130 e. The van der Waals surface area contributed by atoms with Crippen molar-refractivity contribution >= 4 is 35.0 Å². The van der Waals surface area contributed by atoms with E-state index in [9.17, 15) is 8.78 Å². The molecule has 0 aliphatic heterocycles. The van der Waals surface area contributed by atoms with Crippen LogP contribution in [-0.2, 0) is 12.3 Å². The van der Waals surface area contributed by atoms with Gasteiger partial charge in [-0.2, -0.15) is 0 Å². The van der Waals surface area contributed by atoms with Crippen LogP contribution in [0.4, 0.5) is 8.78 Å². The van der Waals surface area contributed by atoms with Crippen molar-refractivity contribution in [1.29, 1.82) is 0 Å². The van der Waals surface area contributed by atoms with Gasteiger partial charge in [0.25, 0.3) is 0 Å². The number of benzene rings is 2. The average Bonchev–Trinajstić information content (AvgIpc) is 3.08. The molecule has 0 fully saturated rings. The van der Waals surface area contributed by atoms with Crippen LogP contribution in [0.5, 0.6) is 0 Å². The van der Waals surface area contributed by atoms with Crippen molar-refractivity contribution in [2.24, 2.45) is 0 Å². The highest BCUT2D eigenvalue weighted by molar-refractivity contribution is 7.98. The van der Waals surface area contributed by atoms with Crippen LogP contribution in [-0.4, -0.2) is 9.55 Å². The Morgan fingerprint density at radius 2 is 1.92 bits per heavy atom. The molecule has 3 rings (SSSR count). The number of nitrogens with zero attached hydrogens (tertiary/aromatic N) is 2. The van der Waals surface area contributed by atoms with Crippen LogP contribution < -0.4 is 0 Å². The zero-order chi connectivity index (χ0) is 17.8. The Hall–Kier alpha value is -1.56. The fraction of sp³-hybridized carbons (Fsp3) is 0.167. The summed E-state index contributed by atoms with van der Waals surface area (Å²) in [5, 5.41) is 0.776. The summed E-state index contributed by atoms with van der Waals surface area (Å²) in [6, 6.07) is 9.11.